The Kier molecular flexibility index (Phi) is 8.86. The van der Waals surface area contributed by atoms with Crippen LogP contribution in [0.1, 0.15) is 69.8 Å². The first-order valence-electron chi connectivity index (χ1n) is 14.0. The van der Waals surface area contributed by atoms with Gasteiger partial charge in [-0.1, -0.05) is 45.0 Å². The first kappa shape index (κ1) is 29.8. The van der Waals surface area contributed by atoms with Gasteiger partial charge in [0.1, 0.15) is 23.1 Å². The Morgan fingerprint density at radius 1 is 1.02 bits per heavy atom. The molecule has 1 fully saturated rings. The molecule has 6 nitrogen and oxygen atoms in total. The average Bonchev–Trinajstić information content (AvgIpc) is 3.17. The molecule has 4 rings (SSSR count). The molecule has 1 heterocycles. The second-order valence-corrected chi connectivity index (χ2v) is 11.5. The summed E-state index contributed by atoms with van der Waals surface area (Å²) in [6.07, 6.45) is 0.332. The normalized spacial score (nSPS) is 16.9. The number of aliphatic hydroxyl groups excluding tert-OH is 1. The number of ketones is 1. The van der Waals surface area contributed by atoms with Gasteiger partial charge in [-0.25, -0.2) is 4.39 Å². The van der Waals surface area contributed by atoms with Crippen molar-refractivity contribution < 1.29 is 28.6 Å². The van der Waals surface area contributed by atoms with Crippen molar-refractivity contribution in [2.75, 3.05) is 13.2 Å². The Bertz CT molecular complexity index is 1450. The standard InChI is InChI=1S/C34H38FNO5/c1-7-40-28-16-13-24(20-27(28)34(4,5)6)31(37)29-30(23-9-8-10-26(19-23)41-21(2)3)36(33(39)32(29)38)18-17-22-11-14-25(35)15-12-22/h8-16,19-21,30,37H,7,17-18H2,1-6H3/b31-29+. The fourth-order valence-corrected chi connectivity index (χ4v) is 5.09. The van der Waals surface area contributed by atoms with E-state index in [4.69, 9.17) is 9.47 Å². The molecular weight excluding hydrogens is 521 g/mol. The van der Waals surface area contributed by atoms with Gasteiger partial charge in [0.25, 0.3) is 11.7 Å². The van der Waals surface area contributed by atoms with E-state index in [0.29, 0.717) is 35.7 Å². The molecular formula is C34H38FNO5. The number of benzene rings is 3. The highest BCUT2D eigenvalue weighted by Gasteiger charge is 2.46. The summed E-state index contributed by atoms with van der Waals surface area (Å²) in [7, 11) is 0. The zero-order valence-electron chi connectivity index (χ0n) is 24.5. The topological polar surface area (TPSA) is 76.1 Å². The number of halogens is 1. The van der Waals surface area contributed by atoms with Gasteiger partial charge in [0.15, 0.2) is 0 Å². The summed E-state index contributed by atoms with van der Waals surface area (Å²) in [4.78, 5) is 28.5. The summed E-state index contributed by atoms with van der Waals surface area (Å²) >= 11 is 0. The van der Waals surface area contributed by atoms with Crippen molar-refractivity contribution in [3.8, 4) is 11.5 Å². The Morgan fingerprint density at radius 3 is 2.37 bits per heavy atom. The van der Waals surface area contributed by atoms with Crippen molar-refractivity contribution >= 4 is 17.4 Å². The van der Waals surface area contributed by atoms with Crippen LogP contribution in [0.15, 0.2) is 72.3 Å². The lowest BCUT2D eigenvalue weighted by atomic mass is 9.84. The predicted molar refractivity (Wildman–Crippen MR) is 158 cm³/mol. The highest BCUT2D eigenvalue weighted by Crippen LogP contribution is 2.42. The van der Waals surface area contributed by atoms with Crippen LogP contribution < -0.4 is 9.47 Å². The smallest absolute Gasteiger partial charge is 0.295 e. The molecule has 1 saturated heterocycles. The minimum atomic E-state index is -0.837. The molecule has 7 heteroatoms. The molecule has 0 radical (unpaired) electrons. The number of nitrogens with zero attached hydrogens (tertiary/aromatic N) is 1. The van der Waals surface area contributed by atoms with E-state index in [0.717, 1.165) is 11.1 Å². The van der Waals surface area contributed by atoms with Gasteiger partial charge in [0.2, 0.25) is 0 Å². The molecule has 216 valence electrons. The summed E-state index contributed by atoms with van der Waals surface area (Å²) in [5.74, 6) is -0.754. The second kappa shape index (κ2) is 12.2. The maximum Gasteiger partial charge on any atom is 0.295 e. The monoisotopic (exact) mass is 559 g/mol. The van der Waals surface area contributed by atoms with Gasteiger partial charge in [-0.05, 0) is 86.2 Å². The summed E-state index contributed by atoms with van der Waals surface area (Å²) in [5.41, 5.74) is 2.48. The van der Waals surface area contributed by atoms with Crippen LogP contribution >= 0.6 is 0 Å². The van der Waals surface area contributed by atoms with Gasteiger partial charge in [-0.3, -0.25) is 9.59 Å². The van der Waals surface area contributed by atoms with E-state index in [1.165, 1.54) is 17.0 Å². The Morgan fingerprint density at radius 2 is 1.73 bits per heavy atom. The van der Waals surface area contributed by atoms with E-state index in [2.05, 4.69) is 0 Å². The van der Waals surface area contributed by atoms with E-state index in [1.54, 1.807) is 30.3 Å². The third-order valence-corrected chi connectivity index (χ3v) is 7.00. The third-order valence-electron chi connectivity index (χ3n) is 7.00. The van der Waals surface area contributed by atoms with Gasteiger partial charge < -0.3 is 19.5 Å². The zero-order chi connectivity index (χ0) is 29.9. The maximum atomic E-state index is 13.6. The molecule has 1 aliphatic heterocycles. The summed E-state index contributed by atoms with van der Waals surface area (Å²) < 4.78 is 25.2. The molecule has 0 aliphatic carbocycles. The fraction of sp³-hybridized carbons (Fsp3) is 0.353. The van der Waals surface area contributed by atoms with Crippen LogP contribution in [0, 0.1) is 5.82 Å². The molecule has 41 heavy (non-hydrogen) atoms. The van der Waals surface area contributed by atoms with Crippen LogP contribution in [0.5, 0.6) is 11.5 Å². The van der Waals surface area contributed by atoms with E-state index in [-0.39, 0.29) is 35.2 Å². The molecule has 0 aromatic heterocycles. The largest absolute Gasteiger partial charge is 0.507 e. The summed E-state index contributed by atoms with van der Waals surface area (Å²) in [6, 6.07) is 17.8. The highest BCUT2D eigenvalue weighted by molar-refractivity contribution is 6.46. The SMILES string of the molecule is CCOc1ccc(/C(O)=C2\C(=O)C(=O)N(CCc3ccc(F)cc3)C2c2cccc(OC(C)C)c2)cc1C(C)(C)C. The lowest BCUT2D eigenvalue weighted by Crippen LogP contribution is -2.31. The molecule has 1 N–H and O–H groups in total. The number of aliphatic hydroxyl groups is 1. The number of amides is 1. The minimum Gasteiger partial charge on any atom is -0.507 e. The molecule has 0 bridgehead atoms. The van der Waals surface area contributed by atoms with Crippen molar-refractivity contribution in [3.05, 3.63) is 100 Å². The molecule has 3 aromatic rings. The van der Waals surface area contributed by atoms with E-state index < -0.39 is 17.7 Å². The van der Waals surface area contributed by atoms with Gasteiger partial charge in [0, 0.05) is 17.7 Å². The van der Waals surface area contributed by atoms with Crippen LogP contribution in [0.25, 0.3) is 5.76 Å². The first-order chi connectivity index (χ1) is 19.4. The van der Waals surface area contributed by atoms with Crippen molar-refractivity contribution in [2.24, 2.45) is 0 Å². The fourth-order valence-electron chi connectivity index (χ4n) is 5.09. The molecule has 1 unspecified atom stereocenters. The predicted octanol–water partition coefficient (Wildman–Crippen LogP) is 6.97. The van der Waals surface area contributed by atoms with Crippen LogP contribution in [0.4, 0.5) is 4.39 Å². The van der Waals surface area contributed by atoms with Crippen molar-refractivity contribution in [1.82, 2.24) is 4.90 Å². The zero-order valence-corrected chi connectivity index (χ0v) is 24.5. The quantitative estimate of drug-likeness (QED) is 0.174. The minimum absolute atomic E-state index is 0.0137. The van der Waals surface area contributed by atoms with Crippen LogP contribution in [-0.4, -0.2) is 41.0 Å². The van der Waals surface area contributed by atoms with Crippen LogP contribution in [0.3, 0.4) is 0 Å². The molecule has 0 saturated carbocycles. The number of hydrogen-bond acceptors (Lipinski definition) is 5. The lowest BCUT2D eigenvalue weighted by Gasteiger charge is -2.26. The highest BCUT2D eigenvalue weighted by atomic mass is 19.1. The first-order valence-corrected chi connectivity index (χ1v) is 14.0. The summed E-state index contributed by atoms with van der Waals surface area (Å²) in [5, 5.41) is 11.7. The Labute approximate surface area is 241 Å². The molecule has 3 aromatic carbocycles. The molecule has 1 aliphatic rings. The average molecular weight is 560 g/mol. The molecule has 0 spiro atoms. The van der Waals surface area contributed by atoms with Crippen molar-refractivity contribution in [1.29, 1.82) is 0 Å². The maximum absolute atomic E-state index is 13.6. The third kappa shape index (κ3) is 6.62. The van der Waals surface area contributed by atoms with E-state index >= 15 is 0 Å². The van der Waals surface area contributed by atoms with Gasteiger partial charge in [0.05, 0.1) is 24.3 Å². The van der Waals surface area contributed by atoms with Crippen LogP contribution in [0.2, 0.25) is 0 Å². The number of hydrogen-bond donors (Lipinski definition) is 1. The number of carbonyl (C=O) groups excluding carboxylic acids is 2. The molecule has 1 atom stereocenters. The Balaban J connectivity index is 1.84. The molecule has 1 amide bonds. The van der Waals surface area contributed by atoms with Crippen LogP contribution in [-0.2, 0) is 21.4 Å². The van der Waals surface area contributed by atoms with E-state index in [9.17, 15) is 19.1 Å². The number of likely N-dealkylation sites (tertiary alicyclic amines) is 1. The van der Waals surface area contributed by atoms with Gasteiger partial charge in [-0.15, -0.1) is 0 Å². The van der Waals surface area contributed by atoms with E-state index in [1.807, 2.05) is 65.8 Å². The Hall–Kier alpha value is -4.13. The second-order valence-electron chi connectivity index (χ2n) is 11.5. The summed E-state index contributed by atoms with van der Waals surface area (Å²) in [6.45, 7) is 12.6. The van der Waals surface area contributed by atoms with Gasteiger partial charge in [-0.2, -0.15) is 0 Å². The van der Waals surface area contributed by atoms with Crippen molar-refractivity contribution in [2.45, 2.75) is 65.5 Å². The van der Waals surface area contributed by atoms with Gasteiger partial charge >= 0.3 is 0 Å². The number of rotatable bonds is 9. The number of Topliss-reactive ketones (excluding diaryl/α,β-unsaturated/α-hetero) is 1. The van der Waals surface area contributed by atoms with Crippen molar-refractivity contribution in [3.63, 3.8) is 0 Å². The number of ether oxygens (including phenoxy) is 2. The number of carbonyl (C=O) groups is 2. The lowest BCUT2D eigenvalue weighted by molar-refractivity contribution is -0.139.